The fourth-order valence-electron chi connectivity index (χ4n) is 2.04. The van der Waals surface area contributed by atoms with Gasteiger partial charge < -0.3 is 4.52 Å². The molecule has 106 valence electrons. The van der Waals surface area contributed by atoms with Crippen LogP contribution in [0.4, 0.5) is 0 Å². The van der Waals surface area contributed by atoms with Crippen molar-refractivity contribution < 1.29 is 4.52 Å². The van der Waals surface area contributed by atoms with Crippen LogP contribution in [-0.4, -0.2) is 5.60 Å². The van der Waals surface area contributed by atoms with E-state index in [9.17, 15) is 0 Å². The molecule has 2 aromatic carbocycles. The molecule has 0 aliphatic carbocycles. The van der Waals surface area contributed by atoms with E-state index in [1.807, 2.05) is 0 Å². The Labute approximate surface area is 123 Å². The van der Waals surface area contributed by atoms with Gasteiger partial charge in [0.05, 0.1) is 13.7 Å². The van der Waals surface area contributed by atoms with Crippen molar-refractivity contribution in [1.82, 2.24) is 0 Å². The summed E-state index contributed by atoms with van der Waals surface area (Å²) in [5, 5.41) is 2.56. The van der Waals surface area contributed by atoms with Crippen LogP contribution in [0.1, 0.15) is 31.9 Å². The van der Waals surface area contributed by atoms with Gasteiger partial charge in [-0.25, -0.2) is 0 Å². The molecule has 0 aliphatic heterocycles. The Bertz CT molecular complexity index is 538. The first-order valence-corrected chi connectivity index (χ1v) is 8.24. The second kappa shape index (κ2) is 6.08. The van der Waals surface area contributed by atoms with Crippen molar-refractivity contribution in [1.29, 1.82) is 0 Å². The molecule has 0 radical (unpaired) electrons. The maximum absolute atomic E-state index is 6.38. The van der Waals surface area contributed by atoms with Crippen molar-refractivity contribution in [3.05, 3.63) is 59.7 Å². The number of hydrogen-bond donors (Lipinski definition) is 0. The SMILES string of the molecule is Cc1cccc(P(OC(C)(C)C)c2cccc(C)c2)c1. The van der Waals surface area contributed by atoms with E-state index in [1.54, 1.807) is 0 Å². The molecular weight excluding hydrogens is 263 g/mol. The first-order valence-electron chi connectivity index (χ1n) is 6.98. The molecule has 0 spiro atoms. The van der Waals surface area contributed by atoms with Gasteiger partial charge in [-0.15, -0.1) is 0 Å². The highest BCUT2D eigenvalue weighted by atomic mass is 31.1. The van der Waals surface area contributed by atoms with E-state index in [-0.39, 0.29) is 5.60 Å². The molecule has 1 nitrogen and oxygen atoms in total. The average molecular weight is 286 g/mol. The molecule has 0 heterocycles. The van der Waals surface area contributed by atoms with Crippen molar-refractivity contribution >= 4 is 18.8 Å². The molecule has 0 saturated carbocycles. The minimum absolute atomic E-state index is 0.154. The summed E-state index contributed by atoms with van der Waals surface area (Å²) in [7, 11) is -0.771. The zero-order valence-corrected chi connectivity index (χ0v) is 13.9. The zero-order chi connectivity index (χ0) is 14.8. The highest BCUT2D eigenvalue weighted by Gasteiger charge is 2.22. The molecule has 0 amide bonds. The third-order valence-corrected chi connectivity index (χ3v) is 5.06. The molecular formula is C18H23OP. The Balaban J connectivity index is 2.44. The molecule has 2 heteroatoms. The number of aryl methyl sites for hydroxylation is 2. The summed E-state index contributed by atoms with van der Waals surface area (Å²) in [6.07, 6.45) is 0. The molecule has 0 N–H and O–H groups in total. The zero-order valence-electron chi connectivity index (χ0n) is 13.0. The summed E-state index contributed by atoms with van der Waals surface area (Å²) in [5.41, 5.74) is 2.40. The summed E-state index contributed by atoms with van der Waals surface area (Å²) in [4.78, 5) is 0. The maximum Gasteiger partial charge on any atom is 0.0925 e. The molecule has 0 aromatic heterocycles. The third kappa shape index (κ3) is 4.16. The van der Waals surface area contributed by atoms with Gasteiger partial charge in [-0.2, -0.15) is 0 Å². The topological polar surface area (TPSA) is 9.23 Å². The molecule has 0 saturated heterocycles. The van der Waals surface area contributed by atoms with Crippen molar-refractivity contribution in [2.24, 2.45) is 0 Å². The molecule has 20 heavy (non-hydrogen) atoms. The second-order valence-corrected chi connectivity index (χ2v) is 7.98. The lowest BCUT2D eigenvalue weighted by Crippen LogP contribution is -2.24. The van der Waals surface area contributed by atoms with Gasteiger partial charge in [-0.1, -0.05) is 47.5 Å². The fourth-order valence-corrected chi connectivity index (χ4v) is 4.18. The normalized spacial score (nSPS) is 11.9. The van der Waals surface area contributed by atoms with Crippen molar-refractivity contribution in [2.75, 3.05) is 0 Å². The van der Waals surface area contributed by atoms with E-state index in [0.717, 1.165) is 0 Å². The lowest BCUT2D eigenvalue weighted by atomic mass is 10.2. The monoisotopic (exact) mass is 286 g/mol. The first-order chi connectivity index (χ1) is 9.35. The Morgan fingerprint density at radius 2 is 1.25 bits per heavy atom. The van der Waals surface area contributed by atoms with Crippen LogP contribution < -0.4 is 10.6 Å². The van der Waals surface area contributed by atoms with Crippen molar-refractivity contribution in [3.63, 3.8) is 0 Å². The summed E-state index contributed by atoms with van der Waals surface area (Å²) >= 11 is 0. The average Bonchev–Trinajstić information content (AvgIpc) is 2.35. The Morgan fingerprint density at radius 1 is 0.800 bits per heavy atom. The quantitative estimate of drug-likeness (QED) is 0.757. The van der Waals surface area contributed by atoms with Crippen LogP contribution in [0.25, 0.3) is 0 Å². The first kappa shape index (κ1) is 15.2. The van der Waals surface area contributed by atoms with Crippen LogP contribution in [0.2, 0.25) is 0 Å². The van der Waals surface area contributed by atoms with E-state index in [4.69, 9.17) is 4.52 Å². The van der Waals surface area contributed by atoms with Crippen LogP contribution in [0.15, 0.2) is 48.5 Å². The predicted octanol–water partition coefficient (Wildman–Crippen LogP) is 4.47. The van der Waals surface area contributed by atoms with Crippen LogP contribution in [0.5, 0.6) is 0 Å². The van der Waals surface area contributed by atoms with Gasteiger partial charge in [0.25, 0.3) is 0 Å². The van der Waals surface area contributed by atoms with Gasteiger partial charge in [-0.3, -0.25) is 0 Å². The molecule has 0 bridgehead atoms. The summed E-state index contributed by atoms with van der Waals surface area (Å²) in [6, 6.07) is 17.3. The summed E-state index contributed by atoms with van der Waals surface area (Å²) < 4.78 is 6.38. The minimum atomic E-state index is -0.771. The second-order valence-electron chi connectivity index (χ2n) is 6.18. The lowest BCUT2D eigenvalue weighted by molar-refractivity contribution is 0.155. The summed E-state index contributed by atoms with van der Waals surface area (Å²) in [6.45, 7) is 10.6. The Kier molecular flexibility index (Phi) is 4.62. The van der Waals surface area contributed by atoms with E-state index in [2.05, 4.69) is 83.1 Å². The van der Waals surface area contributed by atoms with Gasteiger partial charge >= 0.3 is 0 Å². The largest absolute Gasteiger partial charge is 0.344 e. The molecule has 0 unspecified atom stereocenters. The van der Waals surface area contributed by atoms with Crippen LogP contribution in [-0.2, 0) is 4.52 Å². The highest BCUT2D eigenvalue weighted by Crippen LogP contribution is 2.39. The molecule has 2 aromatic rings. The van der Waals surface area contributed by atoms with Gasteiger partial charge in [0.1, 0.15) is 0 Å². The van der Waals surface area contributed by atoms with E-state index in [0.29, 0.717) is 0 Å². The van der Waals surface area contributed by atoms with Crippen LogP contribution in [0, 0.1) is 13.8 Å². The number of benzene rings is 2. The maximum atomic E-state index is 6.38. The molecule has 0 fully saturated rings. The molecule has 0 atom stereocenters. The van der Waals surface area contributed by atoms with Gasteiger partial charge in [0.2, 0.25) is 0 Å². The fraction of sp³-hybridized carbons (Fsp3) is 0.333. The lowest BCUT2D eigenvalue weighted by Gasteiger charge is -2.28. The summed E-state index contributed by atoms with van der Waals surface area (Å²) in [5.74, 6) is 0. The standard InChI is InChI=1S/C18H23OP/c1-14-8-6-10-16(12-14)20(19-18(3,4)5)17-11-7-9-15(2)13-17/h6-13H,1-5H3. The smallest absolute Gasteiger partial charge is 0.0925 e. The van der Waals surface area contributed by atoms with E-state index in [1.165, 1.54) is 21.7 Å². The van der Waals surface area contributed by atoms with Crippen LogP contribution in [0.3, 0.4) is 0 Å². The Hall–Kier alpha value is -1.17. The van der Waals surface area contributed by atoms with Gasteiger partial charge in [0, 0.05) is 10.6 Å². The van der Waals surface area contributed by atoms with Crippen molar-refractivity contribution in [2.45, 2.75) is 40.2 Å². The molecule has 2 rings (SSSR count). The minimum Gasteiger partial charge on any atom is -0.344 e. The third-order valence-electron chi connectivity index (χ3n) is 2.84. The predicted molar refractivity (Wildman–Crippen MR) is 89.4 cm³/mol. The van der Waals surface area contributed by atoms with Gasteiger partial charge in [0.15, 0.2) is 0 Å². The number of hydrogen-bond acceptors (Lipinski definition) is 1. The highest BCUT2D eigenvalue weighted by molar-refractivity contribution is 7.68. The van der Waals surface area contributed by atoms with Crippen LogP contribution >= 0.6 is 8.15 Å². The van der Waals surface area contributed by atoms with Crippen molar-refractivity contribution in [3.8, 4) is 0 Å². The van der Waals surface area contributed by atoms with E-state index < -0.39 is 8.15 Å². The molecule has 0 aliphatic rings. The Morgan fingerprint density at radius 3 is 1.60 bits per heavy atom. The number of rotatable bonds is 3. The van der Waals surface area contributed by atoms with Gasteiger partial charge in [-0.05, 0) is 46.8 Å². The van der Waals surface area contributed by atoms with E-state index >= 15 is 0 Å².